The maximum absolute atomic E-state index is 6.72. The monoisotopic (exact) mass is 1910 g/mol. The molecule has 0 aliphatic carbocycles. The maximum atomic E-state index is 6.72. The highest BCUT2D eigenvalue weighted by molar-refractivity contribution is 6.31. The molecule has 0 bridgehead atoms. The number of fused-ring (bicyclic) bond motifs is 31. The van der Waals surface area contributed by atoms with Gasteiger partial charge in [-0.3, -0.25) is 0 Å². The zero-order valence-corrected chi connectivity index (χ0v) is 80.9. The van der Waals surface area contributed by atoms with Crippen LogP contribution in [0.5, 0.6) is 0 Å². The first kappa shape index (κ1) is 84.6. The van der Waals surface area contributed by atoms with Gasteiger partial charge in [0.15, 0.2) is 0 Å². The summed E-state index contributed by atoms with van der Waals surface area (Å²) in [7, 11) is 0. The third-order valence-corrected chi connectivity index (χ3v) is 31.4. The Bertz CT molecular complexity index is 11200. The highest BCUT2D eigenvalue weighted by Gasteiger charge is 2.27. The van der Waals surface area contributed by atoms with Crippen LogP contribution in [0, 0.1) is 0 Å². The Hall–Kier alpha value is -19.9. The molecule has 0 atom stereocenters. The largest absolute Gasteiger partial charge is 0.456 e. The second-order valence-corrected chi connectivity index (χ2v) is 39.6. The van der Waals surface area contributed by atoms with Gasteiger partial charge in [0.1, 0.15) is 67.0 Å². The van der Waals surface area contributed by atoms with E-state index in [0.717, 1.165) is 170 Å². The summed E-state index contributed by atoms with van der Waals surface area (Å²) in [5.41, 5.74) is 32.2. The van der Waals surface area contributed by atoms with E-state index in [0.29, 0.717) is 0 Å². The van der Waals surface area contributed by atoms with Crippen LogP contribution in [0.25, 0.3) is 329 Å². The lowest BCUT2D eigenvalue weighted by Crippen LogP contribution is -1.90. The van der Waals surface area contributed by atoms with E-state index in [2.05, 4.69) is 510 Å². The normalized spacial score (nSPS) is 12.0. The lowest BCUT2D eigenvalue weighted by molar-refractivity contribution is 0.662. The molecule has 0 unspecified atom stereocenters. The molecule has 33 aromatic rings. The van der Waals surface area contributed by atoms with Gasteiger partial charge in [0.2, 0.25) is 0 Å². The van der Waals surface area contributed by atoms with E-state index >= 15 is 0 Å². The van der Waals surface area contributed by atoms with Crippen molar-refractivity contribution >= 4 is 229 Å². The van der Waals surface area contributed by atoms with E-state index in [1.165, 1.54) is 158 Å². The van der Waals surface area contributed by atoms with Crippen molar-refractivity contribution in [3.05, 3.63) is 510 Å². The molecule has 0 N–H and O–H groups in total. The van der Waals surface area contributed by atoms with Gasteiger partial charge in [0.05, 0.1) is 10.8 Å². The van der Waals surface area contributed by atoms with Crippen LogP contribution in [-0.2, 0) is 0 Å². The Morgan fingerprint density at radius 2 is 0.333 bits per heavy atom. The SMILES string of the molecule is c1ccc(-c2c3ccccc3c(-c3ccc(-c4ccc5c(c4)oc4c5ccc5oc6ccc7ccccc7c6c54)cc3)c3ccccc23)cc1.c1ccc(-c2c3ccccc3c(-c3ccc(-c4ccc5c(c4)oc4cc6c(cc45)oc4cc5ccccc5cc46)cc3)c3ccccc23)cc1.c1ccc(-c2c3ccccc3c(-c3ccc(-c4ccc5c(c4)oc4ccc6c7ccc8ccccc8c7oc6c45)cc3)c3ccccc23)cc1. The molecule has 6 nitrogen and oxygen atoms in total. The van der Waals surface area contributed by atoms with E-state index < -0.39 is 0 Å². The average Bonchev–Trinajstić information content (AvgIpc) is 1.65. The quantitative estimate of drug-likeness (QED) is 0.134. The molecule has 696 valence electrons. The van der Waals surface area contributed by atoms with Crippen LogP contribution < -0.4 is 0 Å². The Kier molecular flexibility index (Phi) is 19.1. The highest BCUT2D eigenvalue weighted by Crippen LogP contribution is 2.53. The van der Waals surface area contributed by atoms with E-state index in [4.69, 9.17) is 26.5 Å². The summed E-state index contributed by atoms with van der Waals surface area (Å²) in [5, 5.41) is 35.2. The van der Waals surface area contributed by atoms with Crippen molar-refractivity contribution in [2.75, 3.05) is 0 Å². The van der Waals surface area contributed by atoms with E-state index in [1.807, 2.05) is 0 Å². The van der Waals surface area contributed by atoms with Crippen LogP contribution in [-0.4, -0.2) is 0 Å². The zero-order valence-electron chi connectivity index (χ0n) is 80.9. The summed E-state index contributed by atoms with van der Waals surface area (Å²) in [5.74, 6) is 0. The van der Waals surface area contributed by atoms with Crippen LogP contribution >= 0.6 is 0 Å². The molecule has 0 saturated carbocycles. The van der Waals surface area contributed by atoms with Gasteiger partial charge in [-0.25, -0.2) is 0 Å². The van der Waals surface area contributed by atoms with Gasteiger partial charge in [-0.15, -0.1) is 0 Å². The van der Waals surface area contributed by atoms with Crippen molar-refractivity contribution in [2.45, 2.75) is 0 Å². The molecule has 0 saturated heterocycles. The highest BCUT2D eigenvalue weighted by atomic mass is 16.4. The van der Waals surface area contributed by atoms with Gasteiger partial charge in [-0.2, -0.15) is 0 Å². The average molecular weight is 1910 g/mol. The van der Waals surface area contributed by atoms with Crippen LogP contribution in [0.2, 0.25) is 0 Å². The van der Waals surface area contributed by atoms with E-state index in [1.54, 1.807) is 0 Å². The molecule has 27 aromatic carbocycles. The number of furan rings is 6. The second-order valence-electron chi connectivity index (χ2n) is 39.6. The third kappa shape index (κ3) is 13.5. The van der Waals surface area contributed by atoms with Crippen molar-refractivity contribution in [1.82, 2.24) is 0 Å². The molecular weight excluding hydrogens is 1830 g/mol. The Labute approximate surface area is 858 Å². The fourth-order valence-electron chi connectivity index (χ4n) is 24.5. The molecular formula is C144H84O6. The number of rotatable bonds is 9. The van der Waals surface area contributed by atoms with Gasteiger partial charge >= 0.3 is 0 Å². The minimum absolute atomic E-state index is 0.834. The molecule has 0 spiro atoms. The molecule has 6 heterocycles. The molecule has 0 amide bonds. The standard InChI is InChI=1S/3C48H28O2/c1-2-11-31(12-3-1)44-36-14-6-8-16-38(36)45(39-17-9-7-15-37(39)44)32-20-18-29(19-21-32)33-22-24-35-40-25-27-42-47(48(40)50-43(35)28-33)46-34-13-5-4-10-30(34)23-26-41(46)49-42;1-2-11-31(12-3-1)44-35-14-6-8-16-37(35)45(38-17-9-7-15-36(38)44)32-20-18-29(19-21-32)33-23-25-41-43(28-33)49-42-27-26-40-39-24-22-30-10-4-5-13-34(30)47(39)50-48(40)46(41)42;1-2-10-30(11-3-1)47-36-14-6-8-16-38(36)48(39-17-9-7-15-37(39)47)31-20-18-29(19-21-31)34-22-23-35-41-27-46-42(28-45(41)49-43(35)26-34)40-24-32-12-4-5-13-33(32)25-44(40)50-46/h3*1-28H. The van der Waals surface area contributed by atoms with Crippen molar-refractivity contribution in [3.63, 3.8) is 0 Å². The summed E-state index contributed by atoms with van der Waals surface area (Å²) < 4.78 is 39.1. The predicted molar refractivity (Wildman–Crippen MR) is 629 cm³/mol. The van der Waals surface area contributed by atoms with Crippen LogP contribution in [0.3, 0.4) is 0 Å². The summed E-state index contributed by atoms with van der Waals surface area (Å²) in [4.78, 5) is 0. The first-order valence-corrected chi connectivity index (χ1v) is 51.3. The number of benzene rings is 27. The Morgan fingerprint density at radius 3 is 0.767 bits per heavy atom. The van der Waals surface area contributed by atoms with Crippen LogP contribution in [0.1, 0.15) is 0 Å². The molecule has 33 rings (SSSR count). The Morgan fingerprint density at radius 1 is 0.0933 bits per heavy atom. The van der Waals surface area contributed by atoms with Crippen molar-refractivity contribution in [1.29, 1.82) is 0 Å². The van der Waals surface area contributed by atoms with Gasteiger partial charge in [0.25, 0.3) is 0 Å². The molecule has 0 aliphatic heterocycles. The van der Waals surface area contributed by atoms with Gasteiger partial charge in [0, 0.05) is 59.2 Å². The van der Waals surface area contributed by atoms with Crippen LogP contribution in [0.4, 0.5) is 0 Å². The van der Waals surface area contributed by atoms with E-state index in [-0.39, 0.29) is 0 Å². The molecule has 6 aromatic heterocycles. The molecule has 6 heteroatoms. The minimum atomic E-state index is 0.834. The number of hydrogen-bond acceptors (Lipinski definition) is 6. The number of hydrogen-bond donors (Lipinski definition) is 0. The lowest BCUT2D eigenvalue weighted by atomic mass is 9.86. The van der Waals surface area contributed by atoms with Gasteiger partial charge in [-0.05, 0) is 289 Å². The second kappa shape index (κ2) is 33.9. The fraction of sp³-hybridized carbons (Fsp3) is 0. The van der Waals surface area contributed by atoms with Gasteiger partial charge in [-0.1, -0.05) is 413 Å². The molecule has 0 radical (unpaired) electrons. The molecule has 150 heavy (non-hydrogen) atoms. The first-order valence-electron chi connectivity index (χ1n) is 51.3. The first-order chi connectivity index (χ1) is 74.4. The summed E-state index contributed by atoms with van der Waals surface area (Å²) in [6.07, 6.45) is 0. The minimum Gasteiger partial charge on any atom is -0.456 e. The predicted octanol–water partition coefficient (Wildman–Crippen LogP) is 41.8. The summed E-state index contributed by atoms with van der Waals surface area (Å²) in [6, 6.07) is 183. The van der Waals surface area contributed by atoms with Crippen molar-refractivity contribution in [2.24, 2.45) is 0 Å². The van der Waals surface area contributed by atoms with Crippen molar-refractivity contribution < 1.29 is 26.5 Å². The zero-order chi connectivity index (χ0) is 98.3. The summed E-state index contributed by atoms with van der Waals surface area (Å²) >= 11 is 0. The van der Waals surface area contributed by atoms with Crippen molar-refractivity contribution in [3.8, 4) is 100 Å². The maximum Gasteiger partial charge on any atom is 0.147 e. The fourth-order valence-corrected chi connectivity index (χ4v) is 24.5. The van der Waals surface area contributed by atoms with Crippen LogP contribution in [0.15, 0.2) is 536 Å². The van der Waals surface area contributed by atoms with Gasteiger partial charge < -0.3 is 26.5 Å². The Balaban J connectivity index is 0.000000101. The lowest BCUT2D eigenvalue weighted by Gasteiger charge is -2.18. The smallest absolute Gasteiger partial charge is 0.147 e. The summed E-state index contributed by atoms with van der Waals surface area (Å²) in [6.45, 7) is 0. The topological polar surface area (TPSA) is 78.8 Å². The van der Waals surface area contributed by atoms with E-state index in [9.17, 15) is 0 Å². The molecule has 0 fully saturated rings. The molecule has 0 aliphatic rings. The third-order valence-electron chi connectivity index (χ3n) is 31.4.